The molecule has 3 rings (SSSR count). The lowest BCUT2D eigenvalue weighted by molar-refractivity contribution is 0.415. The van der Waals surface area contributed by atoms with Gasteiger partial charge in [0.25, 0.3) is 5.56 Å². The lowest BCUT2D eigenvalue weighted by Gasteiger charge is -2.14. The smallest absolute Gasteiger partial charge is 0.258 e. The maximum atomic E-state index is 12.6. The highest BCUT2D eigenvalue weighted by Gasteiger charge is 2.11. The van der Waals surface area contributed by atoms with Crippen LogP contribution in [0.3, 0.4) is 0 Å². The van der Waals surface area contributed by atoms with E-state index < -0.39 is 0 Å². The summed E-state index contributed by atoms with van der Waals surface area (Å²) in [6.07, 6.45) is 1.79. The Kier molecular flexibility index (Phi) is 3.55. The first-order valence-electron chi connectivity index (χ1n) is 7.05. The third-order valence-corrected chi connectivity index (χ3v) is 3.91. The second-order valence-corrected chi connectivity index (χ2v) is 5.14. The fourth-order valence-electron chi connectivity index (χ4n) is 2.67. The Bertz CT molecular complexity index is 922. The number of ether oxygens (including phenoxy) is 1. The number of rotatable bonds is 3. The Morgan fingerprint density at radius 3 is 2.64 bits per heavy atom. The molecule has 3 heteroatoms. The maximum absolute atomic E-state index is 12.6. The molecule has 22 heavy (non-hydrogen) atoms. The molecule has 3 aromatic rings. The van der Waals surface area contributed by atoms with Crippen molar-refractivity contribution in [2.24, 2.45) is 7.05 Å². The average Bonchev–Trinajstić information content (AvgIpc) is 2.57. The predicted molar refractivity (Wildman–Crippen MR) is 91.3 cm³/mol. The molecule has 0 unspecified atom stereocenters. The Balaban J connectivity index is 2.37. The molecule has 0 bridgehead atoms. The van der Waals surface area contributed by atoms with E-state index in [0.717, 1.165) is 33.3 Å². The second kappa shape index (κ2) is 5.53. The average molecular weight is 291 g/mol. The van der Waals surface area contributed by atoms with Crippen LogP contribution in [0.4, 0.5) is 0 Å². The Hall–Kier alpha value is -2.81. The van der Waals surface area contributed by atoms with Crippen LogP contribution in [-0.2, 0) is 7.05 Å². The number of pyridine rings is 1. The van der Waals surface area contributed by atoms with Crippen LogP contribution in [-0.4, -0.2) is 11.7 Å². The van der Waals surface area contributed by atoms with Gasteiger partial charge in [-0.2, -0.15) is 0 Å². The molecule has 0 saturated carbocycles. The molecule has 0 amide bonds. The van der Waals surface area contributed by atoms with Crippen LogP contribution >= 0.6 is 0 Å². The number of fused-ring (bicyclic) bond motifs is 1. The van der Waals surface area contributed by atoms with Gasteiger partial charge < -0.3 is 9.30 Å². The van der Waals surface area contributed by atoms with Crippen molar-refractivity contribution < 1.29 is 4.74 Å². The summed E-state index contributed by atoms with van der Waals surface area (Å²) in [5.41, 5.74) is 2.73. The molecule has 0 aliphatic rings. The highest BCUT2D eigenvalue weighted by molar-refractivity contribution is 5.87. The second-order valence-electron chi connectivity index (χ2n) is 5.14. The molecule has 0 spiro atoms. The molecule has 0 saturated heterocycles. The van der Waals surface area contributed by atoms with E-state index in [2.05, 4.69) is 6.58 Å². The third kappa shape index (κ3) is 2.21. The standard InChI is InChI=1S/C19H17NO2/c1-4-13-9-10-15(22-3)12-17(13)18-11-14-7-5-6-8-16(14)19(21)20(18)2/h4-12H,1H2,2-3H3. The Morgan fingerprint density at radius 1 is 1.14 bits per heavy atom. The van der Waals surface area contributed by atoms with Crippen LogP contribution in [0.2, 0.25) is 0 Å². The zero-order valence-corrected chi connectivity index (χ0v) is 12.7. The number of aromatic nitrogens is 1. The molecular formula is C19H17NO2. The molecule has 1 aromatic heterocycles. The van der Waals surface area contributed by atoms with E-state index in [0.29, 0.717) is 0 Å². The summed E-state index contributed by atoms with van der Waals surface area (Å²) in [4.78, 5) is 12.6. The van der Waals surface area contributed by atoms with Crippen molar-refractivity contribution >= 4 is 16.8 Å². The maximum Gasteiger partial charge on any atom is 0.258 e. The number of hydrogen-bond acceptors (Lipinski definition) is 2. The fraction of sp³-hybridized carbons (Fsp3) is 0.105. The van der Waals surface area contributed by atoms with Crippen LogP contribution in [0.25, 0.3) is 28.1 Å². The Morgan fingerprint density at radius 2 is 1.91 bits per heavy atom. The van der Waals surface area contributed by atoms with Gasteiger partial charge in [-0.05, 0) is 35.2 Å². The number of methoxy groups -OCH3 is 1. The van der Waals surface area contributed by atoms with Gasteiger partial charge in [0.15, 0.2) is 0 Å². The van der Waals surface area contributed by atoms with Gasteiger partial charge in [-0.3, -0.25) is 4.79 Å². The molecule has 3 nitrogen and oxygen atoms in total. The van der Waals surface area contributed by atoms with E-state index in [1.807, 2.05) is 48.5 Å². The van der Waals surface area contributed by atoms with Crippen molar-refractivity contribution in [1.29, 1.82) is 0 Å². The van der Waals surface area contributed by atoms with Gasteiger partial charge in [0.05, 0.1) is 12.8 Å². The summed E-state index contributed by atoms with van der Waals surface area (Å²) >= 11 is 0. The molecule has 0 atom stereocenters. The number of benzene rings is 2. The SMILES string of the molecule is C=Cc1ccc(OC)cc1-c1cc2ccccc2c(=O)n1C. The third-order valence-electron chi connectivity index (χ3n) is 3.91. The van der Waals surface area contributed by atoms with Gasteiger partial charge in [0.2, 0.25) is 0 Å². The largest absolute Gasteiger partial charge is 0.497 e. The molecule has 0 aliphatic heterocycles. The van der Waals surface area contributed by atoms with Gasteiger partial charge in [-0.15, -0.1) is 0 Å². The zero-order valence-electron chi connectivity index (χ0n) is 12.7. The normalized spacial score (nSPS) is 10.6. The molecule has 0 N–H and O–H groups in total. The quantitative estimate of drug-likeness (QED) is 0.734. The lowest BCUT2D eigenvalue weighted by atomic mass is 10.0. The first-order valence-corrected chi connectivity index (χ1v) is 7.05. The number of hydrogen-bond donors (Lipinski definition) is 0. The van der Waals surface area contributed by atoms with Gasteiger partial charge >= 0.3 is 0 Å². The van der Waals surface area contributed by atoms with Crippen molar-refractivity contribution in [3.63, 3.8) is 0 Å². The summed E-state index contributed by atoms with van der Waals surface area (Å²) in [6, 6.07) is 15.4. The first-order chi connectivity index (χ1) is 10.7. The van der Waals surface area contributed by atoms with E-state index in [4.69, 9.17) is 4.74 Å². The van der Waals surface area contributed by atoms with Crippen LogP contribution in [0.1, 0.15) is 5.56 Å². The van der Waals surface area contributed by atoms with Crippen molar-refractivity contribution in [3.05, 3.63) is 71.0 Å². The van der Waals surface area contributed by atoms with Crippen molar-refractivity contribution in [1.82, 2.24) is 4.57 Å². The van der Waals surface area contributed by atoms with Crippen LogP contribution < -0.4 is 10.3 Å². The molecule has 1 heterocycles. The Labute approximate surface area is 129 Å². The summed E-state index contributed by atoms with van der Waals surface area (Å²) in [6.45, 7) is 3.86. The van der Waals surface area contributed by atoms with E-state index in [9.17, 15) is 4.79 Å². The topological polar surface area (TPSA) is 31.2 Å². The number of nitrogens with zero attached hydrogens (tertiary/aromatic N) is 1. The van der Waals surface area contributed by atoms with Crippen LogP contribution in [0, 0.1) is 0 Å². The minimum absolute atomic E-state index is 0.00840. The van der Waals surface area contributed by atoms with Gasteiger partial charge in [0.1, 0.15) is 5.75 Å². The summed E-state index contributed by atoms with van der Waals surface area (Å²) in [5, 5.41) is 1.65. The van der Waals surface area contributed by atoms with E-state index in [1.54, 1.807) is 24.8 Å². The predicted octanol–water partition coefficient (Wildman–Crippen LogP) is 3.86. The zero-order chi connectivity index (χ0) is 15.7. The molecular weight excluding hydrogens is 274 g/mol. The summed E-state index contributed by atoms with van der Waals surface area (Å²) < 4.78 is 6.98. The van der Waals surface area contributed by atoms with E-state index >= 15 is 0 Å². The first kappa shape index (κ1) is 14.1. The van der Waals surface area contributed by atoms with Gasteiger partial charge in [-0.1, -0.05) is 36.9 Å². The van der Waals surface area contributed by atoms with E-state index in [1.165, 1.54) is 0 Å². The van der Waals surface area contributed by atoms with Gasteiger partial charge in [-0.25, -0.2) is 0 Å². The molecule has 0 radical (unpaired) electrons. The minimum atomic E-state index is -0.00840. The molecule has 110 valence electrons. The van der Waals surface area contributed by atoms with Crippen LogP contribution in [0.15, 0.2) is 59.9 Å². The highest BCUT2D eigenvalue weighted by atomic mass is 16.5. The van der Waals surface area contributed by atoms with Crippen LogP contribution in [0.5, 0.6) is 5.75 Å². The molecule has 2 aromatic carbocycles. The van der Waals surface area contributed by atoms with Crippen molar-refractivity contribution in [2.75, 3.05) is 7.11 Å². The monoisotopic (exact) mass is 291 g/mol. The van der Waals surface area contributed by atoms with Gasteiger partial charge in [0, 0.05) is 18.0 Å². The van der Waals surface area contributed by atoms with E-state index in [-0.39, 0.29) is 5.56 Å². The summed E-state index contributed by atoms with van der Waals surface area (Å²) in [7, 11) is 3.42. The molecule has 0 fully saturated rings. The lowest BCUT2D eigenvalue weighted by Crippen LogP contribution is -2.18. The fourth-order valence-corrected chi connectivity index (χ4v) is 2.67. The minimum Gasteiger partial charge on any atom is -0.497 e. The van der Waals surface area contributed by atoms with Crippen molar-refractivity contribution in [2.45, 2.75) is 0 Å². The summed E-state index contributed by atoms with van der Waals surface area (Å²) in [5.74, 6) is 0.751. The molecule has 0 aliphatic carbocycles. The highest BCUT2D eigenvalue weighted by Crippen LogP contribution is 2.29. The van der Waals surface area contributed by atoms with Crippen molar-refractivity contribution in [3.8, 4) is 17.0 Å².